The fourth-order valence-corrected chi connectivity index (χ4v) is 3.37. The standard InChI is InChI=1S/C24H29N7O4/c1-13(32)5-10-17(19(33)24(2,3)4)29-21(34)14-6-8-15(9-7-14)26-11-16-12-27-20-18(28-16)22(35)31-23(25)30-20/h6-9,12,17,26H,5,10-11H2,1-4H3,(H,29,34)(H3,25,27,30,31,35)/t17-/m0/s1. The maximum Gasteiger partial charge on any atom is 0.280 e. The van der Waals surface area contributed by atoms with Crippen molar-refractivity contribution in [2.75, 3.05) is 11.1 Å². The van der Waals surface area contributed by atoms with Crippen LogP contribution in [0.3, 0.4) is 0 Å². The molecule has 0 fully saturated rings. The number of carbonyl (C=O) groups is 3. The molecule has 35 heavy (non-hydrogen) atoms. The number of Topliss-reactive ketones (excluding diaryl/α,β-unsaturated/α-hetero) is 2. The minimum Gasteiger partial charge on any atom is -0.379 e. The lowest BCUT2D eigenvalue weighted by Gasteiger charge is -2.25. The molecule has 0 saturated heterocycles. The number of H-pyrrole nitrogens is 1. The molecule has 0 spiro atoms. The van der Waals surface area contributed by atoms with Gasteiger partial charge in [-0.25, -0.2) is 9.97 Å². The van der Waals surface area contributed by atoms with Crippen LogP contribution >= 0.6 is 0 Å². The van der Waals surface area contributed by atoms with Gasteiger partial charge in [-0.3, -0.25) is 19.4 Å². The van der Waals surface area contributed by atoms with Gasteiger partial charge in [0, 0.05) is 23.1 Å². The third-order valence-electron chi connectivity index (χ3n) is 5.25. The second kappa shape index (κ2) is 10.4. The van der Waals surface area contributed by atoms with Gasteiger partial charge in [0.2, 0.25) is 5.95 Å². The second-order valence-corrected chi connectivity index (χ2v) is 9.30. The quantitative estimate of drug-likeness (QED) is 0.358. The third-order valence-corrected chi connectivity index (χ3v) is 5.25. The summed E-state index contributed by atoms with van der Waals surface area (Å²) in [5.74, 6) is -0.588. The highest BCUT2D eigenvalue weighted by atomic mass is 16.2. The summed E-state index contributed by atoms with van der Waals surface area (Å²) in [5.41, 5.74) is 6.26. The molecular weight excluding hydrogens is 450 g/mol. The van der Waals surface area contributed by atoms with E-state index >= 15 is 0 Å². The van der Waals surface area contributed by atoms with Crippen LogP contribution in [0.2, 0.25) is 0 Å². The molecule has 1 atom stereocenters. The Morgan fingerprint density at radius 2 is 1.80 bits per heavy atom. The second-order valence-electron chi connectivity index (χ2n) is 9.30. The molecular formula is C24H29N7O4. The smallest absolute Gasteiger partial charge is 0.280 e. The Morgan fingerprint density at radius 1 is 1.11 bits per heavy atom. The van der Waals surface area contributed by atoms with Crippen LogP contribution in [0.5, 0.6) is 0 Å². The summed E-state index contributed by atoms with van der Waals surface area (Å²) in [6, 6.07) is 5.95. The average Bonchev–Trinajstić information content (AvgIpc) is 2.79. The Hall–Kier alpha value is -4.15. The largest absolute Gasteiger partial charge is 0.379 e. The van der Waals surface area contributed by atoms with Crippen molar-refractivity contribution < 1.29 is 14.4 Å². The van der Waals surface area contributed by atoms with Crippen molar-refractivity contribution in [3.8, 4) is 0 Å². The highest BCUT2D eigenvalue weighted by Gasteiger charge is 2.31. The van der Waals surface area contributed by atoms with Crippen LogP contribution in [0, 0.1) is 5.41 Å². The Bertz CT molecular complexity index is 1310. The van der Waals surface area contributed by atoms with E-state index in [9.17, 15) is 19.2 Å². The number of carbonyl (C=O) groups excluding carboxylic acids is 3. The number of rotatable bonds is 9. The summed E-state index contributed by atoms with van der Waals surface area (Å²) < 4.78 is 0. The molecule has 1 aromatic carbocycles. The molecule has 11 nitrogen and oxygen atoms in total. The van der Waals surface area contributed by atoms with Gasteiger partial charge in [-0.05, 0) is 37.6 Å². The van der Waals surface area contributed by atoms with Crippen molar-refractivity contribution in [3.63, 3.8) is 0 Å². The molecule has 0 radical (unpaired) electrons. The molecule has 5 N–H and O–H groups in total. The monoisotopic (exact) mass is 479 g/mol. The van der Waals surface area contributed by atoms with E-state index in [1.807, 2.05) is 0 Å². The Labute approximate surface area is 202 Å². The zero-order valence-corrected chi connectivity index (χ0v) is 20.1. The van der Waals surface area contributed by atoms with Crippen molar-refractivity contribution in [1.29, 1.82) is 0 Å². The van der Waals surface area contributed by atoms with Gasteiger partial charge in [0.15, 0.2) is 16.9 Å². The number of hydrogen-bond acceptors (Lipinski definition) is 9. The van der Waals surface area contributed by atoms with Gasteiger partial charge in [0.1, 0.15) is 5.78 Å². The van der Waals surface area contributed by atoms with Gasteiger partial charge in [0.25, 0.3) is 11.5 Å². The summed E-state index contributed by atoms with van der Waals surface area (Å²) in [6.45, 7) is 7.09. The number of nitrogens with one attached hydrogen (secondary N) is 3. The van der Waals surface area contributed by atoms with Crippen molar-refractivity contribution in [2.24, 2.45) is 5.41 Å². The predicted octanol–water partition coefficient (Wildman–Crippen LogP) is 1.99. The van der Waals surface area contributed by atoms with Gasteiger partial charge >= 0.3 is 0 Å². The van der Waals surface area contributed by atoms with Crippen LogP contribution in [0.15, 0.2) is 35.3 Å². The number of fused-ring (bicyclic) bond motifs is 1. The lowest BCUT2D eigenvalue weighted by Crippen LogP contribution is -2.45. The maximum atomic E-state index is 12.8. The highest BCUT2D eigenvalue weighted by molar-refractivity contribution is 5.99. The number of nitrogens with two attached hydrogens (primary N) is 1. The first kappa shape index (κ1) is 25.5. The third kappa shape index (κ3) is 6.69. The minimum absolute atomic E-state index is 0.0280. The van der Waals surface area contributed by atoms with Crippen molar-refractivity contribution in [1.82, 2.24) is 25.3 Å². The van der Waals surface area contributed by atoms with E-state index in [-0.39, 0.29) is 48.1 Å². The fourth-order valence-electron chi connectivity index (χ4n) is 3.37. The zero-order chi connectivity index (χ0) is 25.8. The summed E-state index contributed by atoms with van der Waals surface area (Å²) in [5, 5.41) is 5.92. The van der Waals surface area contributed by atoms with E-state index in [0.717, 1.165) is 0 Å². The maximum absolute atomic E-state index is 12.8. The Kier molecular flexibility index (Phi) is 7.58. The van der Waals surface area contributed by atoms with E-state index in [2.05, 4.69) is 30.6 Å². The number of nitrogen functional groups attached to an aromatic ring is 1. The van der Waals surface area contributed by atoms with Crippen LogP contribution < -0.4 is 21.9 Å². The fraction of sp³-hybridized carbons (Fsp3) is 0.375. The number of anilines is 2. The van der Waals surface area contributed by atoms with Gasteiger partial charge in [0.05, 0.1) is 24.5 Å². The highest BCUT2D eigenvalue weighted by Crippen LogP contribution is 2.20. The molecule has 0 bridgehead atoms. The summed E-state index contributed by atoms with van der Waals surface area (Å²) in [7, 11) is 0. The molecule has 184 valence electrons. The zero-order valence-electron chi connectivity index (χ0n) is 20.1. The van der Waals surface area contributed by atoms with E-state index in [4.69, 9.17) is 5.73 Å². The molecule has 0 unspecified atom stereocenters. The number of hydrogen-bond donors (Lipinski definition) is 4. The first-order valence-electron chi connectivity index (χ1n) is 11.1. The van der Waals surface area contributed by atoms with E-state index in [1.165, 1.54) is 13.1 Å². The van der Waals surface area contributed by atoms with Crippen molar-refractivity contribution in [2.45, 2.75) is 53.1 Å². The number of aromatic nitrogens is 4. The first-order chi connectivity index (χ1) is 16.4. The molecule has 1 amide bonds. The number of ketones is 2. The number of benzene rings is 1. The Morgan fingerprint density at radius 3 is 2.43 bits per heavy atom. The normalized spacial score (nSPS) is 12.2. The SMILES string of the molecule is CC(=O)CC[C@H](NC(=O)c1ccc(NCc2cnc3nc(N)[nH]c(=O)c3n2)cc1)C(=O)C(C)(C)C. The van der Waals surface area contributed by atoms with Gasteiger partial charge in [-0.1, -0.05) is 20.8 Å². The summed E-state index contributed by atoms with van der Waals surface area (Å²) in [6.07, 6.45) is 1.97. The van der Waals surface area contributed by atoms with E-state index in [1.54, 1.807) is 45.0 Å². The predicted molar refractivity (Wildman–Crippen MR) is 132 cm³/mol. The molecule has 11 heteroatoms. The summed E-state index contributed by atoms with van der Waals surface area (Å²) in [4.78, 5) is 63.7. The molecule has 3 rings (SSSR count). The van der Waals surface area contributed by atoms with E-state index < -0.39 is 22.9 Å². The molecule has 0 aliphatic heterocycles. The minimum atomic E-state index is -0.747. The average molecular weight is 480 g/mol. The Balaban J connectivity index is 1.65. The van der Waals surface area contributed by atoms with Crippen LogP contribution in [0.1, 0.15) is 56.6 Å². The van der Waals surface area contributed by atoms with Crippen LogP contribution in [0.25, 0.3) is 11.2 Å². The summed E-state index contributed by atoms with van der Waals surface area (Å²) >= 11 is 0. The molecule has 0 aliphatic rings. The van der Waals surface area contributed by atoms with Crippen LogP contribution in [-0.2, 0) is 16.1 Å². The van der Waals surface area contributed by atoms with Crippen molar-refractivity contribution >= 4 is 40.3 Å². The van der Waals surface area contributed by atoms with Gasteiger partial charge in [-0.15, -0.1) is 0 Å². The molecule has 2 aromatic heterocycles. The molecule has 0 saturated carbocycles. The molecule has 3 aromatic rings. The first-order valence-corrected chi connectivity index (χ1v) is 11.1. The van der Waals surface area contributed by atoms with Gasteiger partial charge < -0.3 is 21.2 Å². The number of nitrogens with zero attached hydrogens (tertiary/aromatic N) is 3. The number of aromatic amines is 1. The topological polar surface area (TPSA) is 173 Å². The lowest BCUT2D eigenvalue weighted by molar-refractivity contribution is -0.128. The van der Waals surface area contributed by atoms with Crippen LogP contribution in [-0.4, -0.2) is 43.5 Å². The molecule has 2 heterocycles. The van der Waals surface area contributed by atoms with Crippen molar-refractivity contribution in [3.05, 3.63) is 52.1 Å². The van der Waals surface area contributed by atoms with E-state index in [0.29, 0.717) is 16.9 Å². The van der Waals surface area contributed by atoms with Gasteiger partial charge in [-0.2, -0.15) is 4.98 Å². The number of amides is 1. The van der Waals surface area contributed by atoms with Crippen LogP contribution in [0.4, 0.5) is 11.6 Å². The molecule has 0 aliphatic carbocycles. The lowest BCUT2D eigenvalue weighted by atomic mass is 9.84.